The van der Waals surface area contributed by atoms with Gasteiger partial charge in [0.15, 0.2) is 0 Å². The van der Waals surface area contributed by atoms with Crippen LogP contribution in [0.3, 0.4) is 0 Å². The summed E-state index contributed by atoms with van der Waals surface area (Å²) in [5.74, 6) is -1.66. The number of rotatable bonds is 6. The van der Waals surface area contributed by atoms with Crippen molar-refractivity contribution >= 4 is 0 Å². The van der Waals surface area contributed by atoms with Gasteiger partial charge in [0, 0.05) is 0 Å². The number of hydrogen-bond donors (Lipinski definition) is 0. The number of hydrogen-bond acceptors (Lipinski definition) is 1. The molecule has 0 aliphatic carbocycles. The normalized spacial score (nSPS) is 10.6. The van der Waals surface area contributed by atoms with E-state index in [0.717, 1.165) is 47.9 Å². The van der Waals surface area contributed by atoms with Crippen molar-refractivity contribution in [2.75, 3.05) is 0 Å². The fourth-order valence-corrected chi connectivity index (χ4v) is 3.27. The Hall–Kier alpha value is -2.99. The summed E-state index contributed by atoms with van der Waals surface area (Å²) < 4.78 is 28.4. The van der Waals surface area contributed by atoms with Crippen molar-refractivity contribution in [1.29, 1.82) is 5.26 Å². The highest BCUT2D eigenvalue weighted by Gasteiger charge is 2.15. The van der Waals surface area contributed by atoms with E-state index in [9.17, 15) is 8.78 Å². The Bertz CT molecular complexity index is 948. The lowest BCUT2D eigenvalue weighted by atomic mass is 9.91. The predicted molar refractivity (Wildman–Crippen MR) is 105 cm³/mol. The van der Waals surface area contributed by atoms with E-state index in [-0.39, 0.29) is 0 Å². The van der Waals surface area contributed by atoms with Crippen LogP contribution in [0.15, 0.2) is 60.7 Å². The van der Waals surface area contributed by atoms with Gasteiger partial charge in [-0.3, -0.25) is 0 Å². The van der Waals surface area contributed by atoms with Crippen molar-refractivity contribution in [3.8, 4) is 28.3 Å². The Morgan fingerprint density at radius 1 is 0.815 bits per heavy atom. The molecule has 0 N–H and O–H groups in total. The van der Waals surface area contributed by atoms with Gasteiger partial charge in [-0.2, -0.15) is 5.26 Å². The maximum absolute atomic E-state index is 14.2. The summed E-state index contributed by atoms with van der Waals surface area (Å²) in [5, 5.41) is 8.93. The first-order valence-electron chi connectivity index (χ1n) is 9.22. The van der Waals surface area contributed by atoms with Crippen LogP contribution in [-0.4, -0.2) is 0 Å². The fourth-order valence-electron chi connectivity index (χ4n) is 3.27. The van der Waals surface area contributed by atoms with Gasteiger partial charge in [0.25, 0.3) is 0 Å². The number of nitrogens with zero attached hydrogens (tertiary/aromatic N) is 1. The molecule has 0 atom stereocenters. The number of benzene rings is 3. The Kier molecular flexibility index (Phi) is 5.98. The first-order valence-corrected chi connectivity index (χ1v) is 9.22. The number of unbranched alkanes of at least 4 members (excludes halogenated alkanes) is 2. The largest absolute Gasteiger partial charge is 0.205 e. The van der Waals surface area contributed by atoms with Crippen LogP contribution in [0.1, 0.15) is 37.3 Å². The number of nitriles is 1. The maximum atomic E-state index is 14.2. The highest BCUT2D eigenvalue weighted by atomic mass is 19.1. The molecule has 0 unspecified atom stereocenters. The van der Waals surface area contributed by atoms with Gasteiger partial charge in [-0.1, -0.05) is 68.3 Å². The van der Waals surface area contributed by atoms with Crippen LogP contribution in [0.5, 0.6) is 0 Å². The van der Waals surface area contributed by atoms with Crippen LogP contribution in [0.2, 0.25) is 0 Å². The van der Waals surface area contributed by atoms with Crippen molar-refractivity contribution in [2.24, 2.45) is 0 Å². The van der Waals surface area contributed by atoms with Crippen LogP contribution in [0, 0.1) is 23.0 Å². The molecule has 0 heterocycles. The van der Waals surface area contributed by atoms with Gasteiger partial charge < -0.3 is 0 Å². The van der Waals surface area contributed by atoms with Gasteiger partial charge in [0.05, 0.1) is 0 Å². The van der Waals surface area contributed by atoms with E-state index < -0.39 is 17.2 Å². The third kappa shape index (κ3) is 4.23. The quantitative estimate of drug-likeness (QED) is 0.438. The maximum Gasteiger partial charge on any atom is 0.144 e. The molecule has 0 aliphatic heterocycles. The molecule has 3 aromatic rings. The van der Waals surface area contributed by atoms with Crippen molar-refractivity contribution in [3.05, 3.63) is 83.4 Å². The lowest BCUT2D eigenvalue weighted by molar-refractivity contribution is 0.577. The van der Waals surface area contributed by atoms with Crippen LogP contribution in [0.4, 0.5) is 8.78 Å². The third-order valence-electron chi connectivity index (χ3n) is 4.70. The Morgan fingerprint density at radius 3 is 2.15 bits per heavy atom. The molecule has 0 bridgehead atoms. The van der Waals surface area contributed by atoms with E-state index in [1.165, 1.54) is 12.1 Å². The molecular weight excluding hydrogens is 340 g/mol. The van der Waals surface area contributed by atoms with E-state index in [1.54, 1.807) is 6.07 Å². The summed E-state index contributed by atoms with van der Waals surface area (Å²) in [5.41, 5.74) is 3.72. The smallest absolute Gasteiger partial charge is 0.144 e. The van der Waals surface area contributed by atoms with Gasteiger partial charge in [-0.05, 0) is 52.8 Å². The summed E-state index contributed by atoms with van der Waals surface area (Å²) in [6.45, 7) is 2.16. The molecular formula is C24H21F2N. The SMILES string of the molecule is CCCCCc1ccc(-c2ccccc2)c(-c2cc(F)c(C#N)c(F)c2)c1. The summed E-state index contributed by atoms with van der Waals surface area (Å²) in [4.78, 5) is 0. The van der Waals surface area contributed by atoms with E-state index in [2.05, 4.69) is 13.0 Å². The monoisotopic (exact) mass is 361 g/mol. The zero-order valence-electron chi connectivity index (χ0n) is 15.3. The van der Waals surface area contributed by atoms with Gasteiger partial charge in [-0.25, -0.2) is 8.78 Å². The zero-order valence-corrected chi connectivity index (χ0v) is 15.3. The van der Waals surface area contributed by atoms with Crippen LogP contribution in [0.25, 0.3) is 22.3 Å². The lowest BCUT2D eigenvalue weighted by Gasteiger charge is -2.14. The summed E-state index contributed by atoms with van der Waals surface area (Å²) in [6.07, 6.45) is 4.30. The standard InChI is InChI=1S/C24H21F2N/c1-2-3-5-8-17-11-12-20(18-9-6-4-7-10-18)21(13-17)19-14-23(25)22(16-27)24(26)15-19/h4,6-7,9-15H,2-3,5,8H2,1H3. The fraction of sp³-hybridized carbons (Fsp3) is 0.208. The van der Waals surface area contributed by atoms with Crippen molar-refractivity contribution < 1.29 is 8.78 Å². The minimum Gasteiger partial charge on any atom is -0.205 e. The average Bonchev–Trinajstić information content (AvgIpc) is 2.68. The molecule has 0 fully saturated rings. The molecule has 0 aliphatic rings. The van der Waals surface area contributed by atoms with E-state index >= 15 is 0 Å². The molecule has 3 rings (SSSR count). The first kappa shape index (κ1) is 18.8. The van der Waals surface area contributed by atoms with E-state index in [1.807, 2.05) is 42.5 Å². The molecule has 0 amide bonds. The summed E-state index contributed by atoms with van der Waals surface area (Å²) in [6, 6.07) is 20.0. The topological polar surface area (TPSA) is 23.8 Å². The Morgan fingerprint density at radius 2 is 1.52 bits per heavy atom. The van der Waals surface area contributed by atoms with Crippen molar-refractivity contribution in [2.45, 2.75) is 32.6 Å². The molecule has 1 nitrogen and oxygen atoms in total. The molecule has 3 heteroatoms. The second-order valence-electron chi connectivity index (χ2n) is 6.63. The van der Waals surface area contributed by atoms with E-state index in [0.29, 0.717) is 5.56 Å². The lowest BCUT2D eigenvalue weighted by Crippen LogP contribution is -1.95. The number of aryl methyl sites for hydroxylation is 1. The minimum atomic E-state index is -0.831. The second-order valence-corrected chi connectivity index (χ2v) is 6.63. The molecule has 0 saturated carbocycles. The number of halogens is 2. The average molecular weight is 361 g/mol. The van der Waals surface area contributed by atoms with E-state index in [4.69, 9.17) is 5.26 Å². The Labute approximate surface area is 158 Å². The van der Waals surface area contributed by atoms with Gasteiger partial charge >= 0.3 is 0 Å². The zero-order chi connectivity index (χ0) is 19.2. The van der Waals surface area contributed by atoms with Crippen molar-refractivity contribution in [1.82, 2.24) is 0 Å². The molecule has 0 saturated heterocycles. The first-order chi connectivity index (χ1) is 13.1. The molecule has 136 valence electrons. The minimum absolute atomic E-state index is 0.445. The van der Waals surface area contributed by atoms with Gasteiger partial charge in [-0.15, -0.1) is 0 Å². The van der Waals surface area contributed by atoms with Gasteiger partial charge in [0.2, 0.25) is 0 Å². The molecule has 0 aromatic heterocycles. The second kappa shape index (κ2) is 8.60. The predicted octanol–water partition coefficient (Wildman–Crippen LogP) is 6.90. The van der Waals surface area contributed by atoms with Crippen LogP contribution < -0.4 is 0 Å². The highest BCUT2D eigenvalue weighted by Crippen LogP contribution is 2.34. The van der Waals surface area contributed by atoms with Crippen LogP contribution >= 0.6 is 0 Å². The summed E-state index contributed by atoms with van der Waals surface area (Å²) >= 11 is 0. The highest BCUT2D eigenvalue weighted by molar-refractivity contribution is 5.84. The summed E-state index contributed by atoms with van der Waals surface area (Å²) in [7, 11) is 0. The Balaban J connectivity index is 2.13. The van der Waals surface area contributed by atoms with Gasteiger partial charge in [0.1, 0.15) is 23.3 Å². The molecule has 0 radical (unpaired) electrons. The van der Waals surface area contributed by atoms with Crippen molar-refractivity contribution in [3.63, 3.8) is 0 Å². The third-order valence-corrected chi connectivity index (χ3v) is 4.70. The molecule has 3 aromatic carbocycles. The molecule has 0 spiro atoms. The molecule has 27 heavy (non-hydrogen) atoms. The van der Waals surface area contributed by atoms with Crippen LogP contribution in [-0.2, 0) is 6.42 Å².